The van der Waals surface area contributed by atoms with Gasteiger partial charge in [-0.15, -0.1) is 0 Å². The highest BCUT2D eigenvalue weighted by Gasteiger charge is 2.39. The third-order valence-electron chi connectivity index (χ3n) is 10.1. The van der Waals surface area contributed by atoms with Crippen LogP contribution in [0.3, 0.4) is 0 Å². The molecule has 5 atom stereocenters. The van der Waals surface area contributed by atoms with Crippen LogP contribution < -0.4 is 0 Å². The molecule has 292 valence electrons. The monoisotopic (exact) mass is 709 g/mol. The lowest BCUT2D eigenvalue weighted by Crippen LogP contribution is -2.25. The standard InChI is InChI=1S/C42H76O8/c1-3-5-7-8-9-10-11-12-13-14-15-16-17-18-19-24-28-41(47)49-33-36(44)34-50-42(48)29-25-21-20-23-27-37-38(40(46)32-39(37)45)31-30-35(43)26-22-6-4-2/h30-31,35-38,40,43-44,46H,3-29,32-34H2,1-2H3/b31-30+/t35-,36+,37+,38+,40+/m0/s1. The van der Waals surface area contributed by atoms with E-state index in [0.29, 0.717) is 25.7 Å². The summed E-state index contributed by atoms with van der Waals surface area (Å²) in [4.78, 5) is 36.6. The van der Waals surface area contributed by atoms with Crippen molar-refractivity contribution in [1.82, 2.24) is 0 Å². The normalized spacial score (nSPS) is 18.9. The minimum atomic E-state index is -1.03. The topological polar surface area (TPSA) is 130 Å². The predicted octanol–water partition coefficient (Wildman–Crippen LogP) is 9.49. The zero-order valence-electron chi connectivity index (χ0n) is 32.1. The van der Waals surface area contributed by atoms with E-state index in [1.54, 1.807) is 6.08 Å². The minimum absolute atomic E-state index is 0.0839. The molecule has 50 heavy (non-hydrogen) atoms. The van der Waals surface area contributed by atoms with Gasteiger partial charge in [0, 0.05) is 31.1 Å². The van der Waals surface area contributed by atoms with E-state index in [-0.39, 0.29) is 55.6 Å². The summed E-state index contributed by atoms with van der Waals surface area (Å²) in [6.45, 7) is 4.02. The third kappa shape index (κ3) is 25.2. The van der Waals surface area contributed by atoms with Crippen LogP contribution in [0.4, 0.5) is 0 Å². The number of rotatable bonds is 34. The van der Waals surface area contributed by atoms with Gasteiger partial charge in [-0.2, -0.15) is 0 Å². The van der Waals surface area contributed by atoms with Gasteiger partial charge >= 0.3 is 11.9 Å². The number of hydrogen-bond acceptors (Lipinski definition) is 8. The fourth-order valence-corrected chi connectivity index (χ4v) is 6.92. The van der Waals surface area contributed by atoms with Crippen molar-refractivity contribution < 1.29 is 39.2 Å². The first kappa shape index (κ1) is 46.3. The van der Waals surface area contributed by atoms with Gasteiger partial charge in [-0.1, -0.05) is 161 Å². The quantitative estimate of drug-likeness (QED) is 0.0342. The molecule has 1 aliphatic carbocycles. The Labute approximate surface area is 305 Å². The Bertz CT molecular complexity index is 874. The number of Topliss-reactive ketones (excluding diaryl/α,β-unsaturated/α-hetero) is 1. The lowest BCUT2D eigenvalue weighted by atomic mass is 9.88. The van der Waals surface area contributed by atoms with E-state index in [9.17, 15) is 29.7 Å². The fraction of sp³-hybridized carbons (Fsp3) is 0.881. The second-order valence-corrected chi connectivity index (χ2v) is 14.9. The molecular weight excluding hydrogens is 632 g/mol. The van der Waals surface area contributed by atoms with E-state index < -0.39 is 18.3 Å². The summed E-state index contributed by atoms with van der Waals surface area (Å²) in [5.41, 5.74) is 0. The van der Waals surface area contributed by atoms with Gasteiger partial charge in [0.1, 0.15) is 25.1 Å². The van der Waals surface area contributed by atoms with E-state index >= 15 is 0 Å². The lowest BCUT2D eigenvalue weighted by Gasteiger charge is -2.18. The van der Waals surface area contributed by atoms with Crippen molar-refractivity contribution in [3.8, 4) is 0 Å². The number of hydrogen-bond donors (Lipinski definition) is 3. The molecule has 0 aromatic rings. The largest absolute Gasteiger partial charge is 0.463 e. The van der Waals surface area contributed by atoms with Crippen LogP contribution >= 0.6 is 0 Å². The summed E-state index contributed by atoms with van der Waals surface area (Å²) in [7, 11) is 0. The van der Waals surface area contributed by atoms with Gasteiger partial charge in [0.2, 0.25) is 0 Å². The maximum atomic E-state index is 12.5. The first-order chi connectivity index (χ1) is 24.3. The van der Waals surface area contributed by atoms with Crippen LogP contribution in [0.25, 0.3) is 0 Å². The van der Waals surface area contributed by atoms with E-state index in [1.165, 1.54) is 83.5 Å². The van der Waals surface area contributed by atoms with Gasteiger partial charge < -0.3 is 24.8 Å². The highest BCUT2D eigenvalue weighted by atomic mass is 16.6. The number of carbonyl (C=O) groups excluding carboxylic acids is 3. The molecule has 0 aromatic heterocycles. The van der Waals surface area contributed by atoms with Crippen LogP contribution in [-0.4, -0.2) is 64.6 Å². The number of ether oxygens (including phenoxy) is 2. The van der Waals surface area contributed by atoms with Gasteiger partial charge in [0.05, 0.1) is 12.2 Å². The molecule has 0 bridgehead atoms. The third-order valence-corrected chi connectivity index (χ3v) is 10.1. The van der Waals surface area contributed by atoms with E-state index in [0.717, 1.165) is 57.8 Å². The first-order valence-electron chi connectivity index (χ1n) is 20.8. The second kappa shape index (κ2) is 31.9. The maximum absolute atomic E-state index is 12.5. The van der Waals surface area contributed by atoms with Crippen LogP contribution in [0.2, 0.25) is 0 Å². The Morgan fingerprint density at radius 2 is 1.08 bits per heavy atom. The molecule has 1 saturated carbocycles. The Balaban J connectivity index is 1.98. The molecule has 8 nitrogen and oxygen atoms in total. The van der Waals surface area contributed by atoms with Crippen LogP contribution in [0.15, 0.2) is 12.2 Å². The van der Waals surface area contributed by atoms with Crippen LogP contribution in [-0.2, 0) is 23.9 Å². The maximum Gasteiger partial charge on any atom is 0.305 e. The molecule has 0 amide bonds. The SMILES string of the molecule is CCCCCCCCCCCCCCCCCCC(=O)OC[C@@H](O)COC(=O)CCCCCC[C@H]1C(=O)C[C@@H](O)[C@@H]1/C=C/[C@@H](O)CCCCC. The molecule has 0 spiro atoms. The number of unbranched alkanes of at least 4 members (excludes halogenated alkanes) is 20. The summed E-state index contributed by atoms with van der Waals surface area (Å²) in [5.74, 6) is -1.10. The molecule has 1 rings (SSSR count). The highest BCUT2D eigenvalue weighted by molar-refractivity contribution is 5.84. The molecule has 1 fully saturated rings. The summed E-state index contributed by atoms with van der Waals surface area (Å²) in [5, 5.41) is 30.6. The van der Waals surface area contributed by atoms with Crippen molar-refractivity contribution in [2.45, 2.75) is 212 Å². The van der Waals surface area contributed by atoms with Crippen molar-refractivity contribution in [2.24, 2.45) is 11.8 Å². The highest BCUT2D eigenvalue weighted by Crippen LogP contribution is 2.34. The van der Waals surface area contributed by atoms with Crippen molar-refractivity contribution in [3.05, 3.63) is 12.2 Å². The van der Waals surface area contributed by atoms with Gasteiger partial charge in [-0.05, 0) is 25.7 Å². The molecule has 0 aliphatic heterocycles. The molecule has 0 unspecified atom stereocenters. The molecule has 1 aliphatic rings. The van der Waals surface area contributed by atoms with Crippen molar-refractivity contribution in [3.63, 3.8) is 0 Å². The van der Waals surface area contributed by atoms with E-state index in [2.05, 4.69) is 13.8 Å². The molecule has 0 aromatic carbocycles. The molecule has 3 N–H and O–H groups in total. The van der Waals surface area contributed by atoms with Crippen LogP contribution in [0.1, 0.15) is 194 Å². The average Bonchev–Trinajstić information content (AvgIpc) is 3.37. The molecule has 8 heteroatoms. The van der Waals surface area contributed by atoms with Gasteiger partial charge in [-0.3, -0.25) is 14.4 Å². The summed E-state index contributed by atoms with van der Waals surface area (Å²) in [6, 6.07) is 0. The average molecular weight is 709 g/mol. The van der Waals surface area contributed by atoms with Gasteiger partial charge in [0.15, 0.2) is 0 Å². The van der Waals surface area contributed by atoms with Crippen molar-refractivity contribution in [2.75, 3.05) is 13.2 Å². The lowest BCUT2D eigenvalue weighted by molar-refractivity contribution is -0.152. The number of aliphatic hydroxyl groups excluding tert-OH is 3. The Kier molecular flexibility index (Phi) is 29.5. The molecular formula is C42H76O8. The first-order valence-corrected chi connectivity index (χ1v) is 20.8. The minimum Gasteiger partial charge on any atom is -0.463 e. The number of esters is 2. The van der Waals surface area contributed by atoms with E-state index in [4.69, 9.17) is 9.47 Å². The number of carbonyl (C=O) groups is 3. The number of ketones is 1. The Morgan fingerprint density at radius 1 is 0.660 bits per heavy atom. The van der Waals surface area contributed by atoms with Crippen molar-refractivity contribution >= 4 is 17.7 Å². The molecule has 0 radical (unpaired) electrons. The second-order valence-electron chi connectivity index (χ2n) is 14.9. The van der Waals surface area contributed by atoms with Gasteiger partial charge in [0.25, 0.3) is 0 Å². The summed E-state index contributed by atoms with van der Waals surface area (Å²) in [6.07, 6.45) is 30.2. The fourth-order valence-electron chi connectivity index (χ4n) is 6.92. The number of aliphatic hydroxyl groups is 3. The van der Waals surface area contributed by atoms with Gasteiger partial charge in [-0.25, -0.2) is 0 Å². The predicted molar refractivity (Wildman–Crippen MR) is 202 cm³/mol. The van der Waals surface area contributed by atoms with Crippen molar-refractivity contribution in [1.29, 1.82) is 0 Å². The van der Waals surface area contributed by atoms with Crippen LogP contribution in [0, 0.1) is 11.8 Å². The summed E-state index contributed by atoms with van der Waals surface area (Å²) < 4.78 is 10.3. The zero-order chi connectivity index (χ0) is 36.7. The van der Waals surface area contributed by atoms with E-state index in [1.807, 2.05) is 6.08 Å². The Morgan fingerprint density at radius 3 is 1.56 bits per heavy atom. The smallest absolute Gasteiger partial charge is 0.305 e. The molecule has 0 heterocycles. The zero-order valence-corrected chi connectivity index (χ0v) is 32.1. The Hall–Kier alpha value is -1.77. The molecule has 0 saturated heterocycles. The van der Waals surface area contributed by atoms with Crippen LogP contribution in [0.5, 0.6) is 0 Å². The summed E-state index contributed by atoms with van der Waals surface area (Å²) >= 11 is 0.